The van der Waals surface area contributed by atoms with Gasteiger partial charge in [-0.25, -0.2) is 9.78 Å². The smallest absolute Gasteiger partial charge is 0.356 e. The quantitative estimate of drug-likeness (QED) is 0.900. The number of aromatic nitrogens is 2. The van der Waals surface area contributed by atoms with Crippen molar-refractivity contribution in [2.24, 2.45) is 0 Å². The van der Waals surface area contributed by atoms with Crippen LogP contribution in [0.5, 0.6) is 11.5 Å². The van der Waals surface area contributed by atoms with Crippen LogP contribution in [0.15, 0.2) is 30.6 Å². The minimum Gasteiger partial charge on any atom is -0.496 e. The van der Waals surface area contributed by atoms with Crippen LogP contribution < -0.4 is 9.47 Å². The average Bonchev–Trinajstić information content (AvgIpc) is 2.47. The molecule has 1 aromatic heterocycles. The number of carbonyl (C=O) groups is 1. The van der Waals surface area contributed by atoms with Gasteiger partial charge in [0.15, 0.2) is 5.69 Å². The monoisotopic (exact) mass is 274 g/mol. The summed E-state index contributed by atoms with van der Waals surface area (Å²) in [7, 11) is 1.53. The molecule has 2 rings (SSSR count). The summed E-state index contributed by atoms with van der Waals surface area (Å²) in [5.74, 6) is 0.104. The lowest BCUT2D eigenvalue weighted by atomic mass is 10.1. The molecular weight excluding hydrogens is 260 g/mol. The maximum atomic E-state index is 10.9. The Morgan fingerprint density at radius 2 is 2.15 bits per heavy atom. The molecule has 1 N–H and O–H groups in total. The first-order valence-corrected chi connectivity index (χ1v) is 6.02. The van der Waals surface area contributed by atoms with Crippen LogP contribution in [0, 0.1) is 0 Å². The number of hydrogen-bond donors (Lipinski definition) is 1. The summed E-state index contributed by atoms with van der Waals surface area (Å²) < 4.78 is 10.7. The molecule has 6 nitrogen and oxygen atoms in total. The number of hydrogen-bond acceptors (Lipinski definition) is 5. The van der Waals surface area contributed by atoms with Gasteiger partial charge >= 0.3 is 5.97 Å². The summed E-state index contributed by atoms with van der Waals surface area (Å²) in [6, 6.07) is 5.27. The molecule has 0 amide bonds. The molecule has 1 aromatic carbocycles. The van der Waals surface area contributed by atoms with Gasteiger partial charge in [-0.3, -0.25) is 4.98 Å². The fraction of sp³-hybridized carbons (Fsp3) is 0.214. The fourth-order valence-corrected chi connectivity index (χ4v) is 1.74. The average molecular weight is 274 g/mol. The number of rotatable bonds is 5. The summed E-state index contributed by atoms with van der Waals surface area (Å²) in [5.41, 5.74) is 0.981. The molecule has 1 heterocycles. The second kappa shape index (κ2) is 6.01. The minimum absolute atomic E-state index is 0.113. The van der Waals surface area contributed by atoms with Crippen LogP contribution in [0.2, 0.25) is 0 Å². The number of carboxylic acids is 1. The number of aromatic carboxylic acids is 1. The van der Waals surface area contributed by atoms with E-state index in [1.165, 1.54) is 19.5 Å². The highest BCUT2D eigenvalue weighted by atomic mass is 16.5. The van der Waals surface area contributed by atoms with E-state index in [9.17, 15) is 4.79 Å². The maximum absolute atomic E-state index is 10.9. The first-order chi connectivity index (χ1) is 9.65. The minimum atomic E-state index is -1.12. The zero-order chi connectivity index (χ0) is 14.5. The van der Waals surface area contributed by atoms with E-state index in [0.717, 1.165) is 0 Å². The van der Waals surface area contributed by atoms with Crippen LogP contribution in [0.4, 0.5) is 0 Å². The highest BCUT2D eigenvalue weighted by Crippen LogP contribution is 2.32. The predicted octanol–water partition coefficient (Wildman–Crippen LogP) is 2.25. The highest BCUT2D eigenvalue weighted by molar-refractivity contribution is 5.85. The van der Waals surface area contributed by atoms with Crippen molar-refractivity contribution in [3.63, 3.8) is 0 Å². The topological polar surface area (TPSA) is 81.5 Å². The first-order valence-electron chi connectivity index (χ1n) is 6.02. The van der Waals surface area contributed by atoms with E-state index in [1.54, 1.807) is 18.2 Å². The summed E-state index contributed by atoms with van der Waals surface area (Å²) in [6.07, 6.45) is 2.69. The molecule has 0 unspecified atom stereocenters. The SMILES string of the molecule is CCOc1ccc(-c2cncc(C(=O)O)n2)c(OC)c1. The van der Waals surface area contributed by atoms with Gasteiger partial charge in [-0.05, 0) is 19.1 Å². The lowest BCUT2D eigenvalue weighted by molar-refractivity contribution is 0.0690. The number of carboxylic acid groups (broad SMARTS) is 1. The van der Waals surface area contributed by atoms with Crippen LogP contribution in [0.3, 0.4) is 0 Å². The van der Waals surface area contributed by atoms with Crippen molar-refractivity contribution in [3.05, 3.63) is 36.3 Å². The van der Waals surface area contributed by atoms with Crippen LogP contribution in [0.1, 0.15) is 17.4 Å². The summed E-state index contributed by atoms with van der Waals surface area (Å²) in [5, 5.41) is 8.94. The van der Waals surface area contributed by atoms with Gasteiger partial charge in [0.25, 0.3) is 0 Å². The number of methoxy groups -OCH3 is 1. The van der Waals surface area contributed by atoms with Gasteiger partial charge in [-0.15, -0.1) is 0 Å². The molecule has 0 saturated carbocycles. The van der Waals surface area contributed by atoms with Gasteiger partial charge in [-0.1, -0.05) is 0 Å². The Hall–Kier alpha value is -2.63. The second-order valence-electron chi connectivity index (χ2n) is 3.89. The van der Waals surface area contributed by atoms with E-state index in [0.29, 0.717) is 29.4 Å². The van der Waals surface area contributed by atoms with Gasteiger partial charge in [0, 0.05) is 11.6 Å². The molecular formula is C14H14N2O4. The van der Waals surface area contributed by atoms with Gasteiger partial charge in [0.1, 0.15) is 11.5 Å². The fourth-order valence-electron chi connectivity index (χ4n) is 1.74. The van der Waals surface area contributed by atoms with E-state index in [2.05, 4.69) is 9.97 Å². The van der Waals surface area contributed by atoms with Crippen molar-refractivity contribution >= 4 is 5.97 Å². The molecule has 0 atom stereocenters. The maximum Gasteiger partial charge on any atom is 0.356 e. The molecule has 6 heteroatoms. The van der Waals surface area contributed by atoms with Crippen molar-refractivity contribution in [2.45, 2.75) is 6.92 Å². The lowest BCUT2D eigenvalue weighted by Crippen LogP contribution is -2.02. The molecule has 0 fully saturated rings. The molecule has 0 radical (unpaired) electrons. The molecule has 2 aromatic rings. The molecule has 104 valence electrons. The Balaban J connectivity index is 2.46. The highest BCUT2D eigenvalue weighted by Gasteiger charge is 2.12. The molecule has 0 bridgehead atoms. The molecule has 0 aliphatic heterocycles. The zero-order valence-corrected chi connectivity index (χ0v) is 11.2. The largest absolute Gasteiger partial charge is 0.496 e. The Bertz CT molecular complexity index is 628. The summed E-state index contributed by atoms with van der Waals surface area (Å²) >= 11 is 0. The Kier molecular flexibility index (Phi) is 4.14. The third-order valence-corrected chi connectivity index (χ3v) is 2.61. The number of nitrogens with zero attached hydrogens (tertiary/aromatic N) is 2. The van der Waals surface area contributed by atoms with Crippen molar-refractivity contribution in [2.75, 3.05) is 13.7 Å². The Labute approximate surface area is 116 Å². The Morgan fingerprint density at radius 3 is 2.80 bits per heavy atom. The van der Waals surface area contributed by atoms with Crippen LogP contribution in [-0.4, -0.2) is 34.8 Å². The van der Waals surface area contributed by atoms with Crippen molar-refractivity contribution < 1.29 is 19.4 Å². The zero-order valence-electron chi connectivity index (χ0n) is 11.2. The van der Waals surface area contributed by atoms with Crippen molar-refractivity contribution in [1.29, 1.82) is 0 Å². The van der Waals surface area contributed by atoms with E-state index in [-0.39, 0.29) is 5.69 Å². The molecule has 0 spiro atoms. The molecule has 0 aliphatic carbocycles. The summed E-state index contributed by atoms with van der Waals surface area (Å²) in [4.78, 5) is 18.9. The first kappa shape index (κ1) is 13.8. The van der Waals surface area contributed by atoms with E-state index in [4.69, 9.17) is 14.6 Å². The molecule has 20 heavy (non-hydrogen) atoms. The van der Waals surface area contributed by atoms with E-state index >= 15 is 0 Å². The van der Waals surface area contributed by atoms with Crippen molar-refractivity contribution in [3.8, 4) is 22.8 Å². The van der Waals surface area contributed by atoms with Gasteiger partial charge in [0.05, 0.1) is 31.8 Å². The van der Waals surface area contributed by atoms with Gasteiger partial charge < -0.3 is 14.6 Å². The Morgan fingerprint density at radius 1 is 1.35 bits per heavy atom. The second-order valence-corrected chi connectivity index (χ2v) is 3.89. The summed E-state index contributed by atoms with van der Waals surface area (Å²) in [6.45, 7) is 2.44. The van der Waals surface area contributed by atoms with Crippen LogP contribution >= 0.6 is 0 Å². The van der Waals surface area contributed by atoms with Crippen LogP contribution in [-0.2, 0) is 0 Å². The number of ether oxygens (including phenoxy) is 2. The third-order valence-electron chi connectivity index (χ3n) is 2.61. The third kappa shape index (κ3) is 2.85. The van der Waals surface area contributed by atoms with E-state index in [1.807, 2.05) is 6.92 Å². The molecule has 0 aliphatic rings. The standard InChI is InChI=1S/C14H14N2O4/c1-3-20-9-4-5-10(13(6-9)19-2)11-7-15-8-12(16-11)14(17)18/h4-8H,3H2,1-2H3,(H,17,18). The van der Waals surface area contributed by atoms with Crippen molar-refractivity contribution in [1.82, 2.24) is 9.97 Å². The predicted molar refractivity (Wildman–Crippen MR) is 72.1 cm³/mol. The normalized spacial score (nSPS) is 10.1. The van der Waals surface area contributed by atoms with Crippen LogP contribution in [0.25, 0.3) is 11.3 Å². The molecule has 0 saturated heterocycles. The number of benzene rings is 1. The van der Waals surface area contributed by atoms with Gasteiger partial charge in [-0.2, -0.15) is 0 Å². The van der Waals surface area contributed by atoms with E-state index < -0.39 is 5.97 Å². The van der Waals surface area contributed by atoms with Gasteiger partial charge in [0.2, 0.25) is 0 Å². The lowest BCUT2D eigenvalue weighted by Gasteiger charge is -2.10.